The molecule has 8 nitrogen and oxygen atoms in total. The molecule has 0 aliphatic rings. The highest BCUT2D eigenvalue weighted by atomic mass is 16.6. The summed E-state index contributed by atoms with van der Waals surface area (Å²) in [6.07, 6.45) is 5.84. The van der Waals surface area contributed by atoms with Crippen LogP contribution in [0.1, 0.15) is 11.1 Å². The molecule has 0 heterocycles. The standard InChI is InChI=1S/C27H28O8/c1-4-13-32-23-11-8-20(17-24(23)33-14-5-2)18-25(27(31)34-15-6-3)35-26(30)12-9-19-7-10-21(28)22(29)16-19/h4-12,16-17,25,28-29H,1-3,13-15,18H2/b12-9+/t25-/m0/s1. The van der Waals surface area contributed by atoms with Crippen LogP contribution in [0.25, 0.3) is 6.08 Å². The lowest BCUT2D eigenvalue weighted by molar-refractivity contribution is -0.164. The molecule has 0 aromatic heterocycles. The Morgan fingerprint density at radius 2 is 1.54 bits per heavy atom. The zero-order valence-corrected chi connectivity index (χ0v) is 19.2. The maximum Gasteiger partial charge on any atom is 0.348 e. The van der Waals surface area contributed by atoms with Crippen molar-refractivity contribution < 1.29 is 38.7 Å². The predicted molar refractivity (Wildman–Crippen MR) is 131 cm³/mol. The minimum Gasteiger partial charge on any atom is -0.504 e. The van der Waals surface area contributed by atoms with E-state index in [-0.39, 0.29) is 37.7 Å². The van der Waals surface area contributed by atoms with Crippen molar-refractivity contribution in [1.29, 1.82) is 0 Å². The van der Waals surface area contributed by atoms with Crippen LogP contribution in [0.3, 0.4) is 0 Å². The minimum atomic E-state index is -1.24. The second-order valence-electron chi connectivity index (χ2n) is 7.11. The summed E-state index contributed by atoms with van der Waals surface area (Å²) in [6, 6.07) is 9.13. The largest absolute Gasteiger partial charge is 0.504 e. The third kappa shape index (κ3) is 8.77. The number of rotatable bonds is 14. The van der Waals surface area contributed by atoms with Crippen molar-refractivity contribution >= 4 is 18.0 Å². The fourth-order valence-electron chi connectivity index (χ4n) is 2.82. The van der Waals surface area contributed by atoms with Gasteiger partial charge in [0.05, 0.1) is 0 Å². The van der Waals surface area contributed by atoms with Gasteiger partial charge in [-0.15, -0.1) is 0 Å². The Morgan fingerprint density at radius 3 is 2.20 bits per heavy atom. The molecule has 184 valence electrons. The molecule has 0 aliphatic heterocycles. The zero-order valence-electron chi connectivity index (χ0n) is 19.2. The van der Waals surface area contributed by atoms with E-state index >= 15 is 0 Å². The van der Waals surface area contributed by atoms with E-state index in [4.69, 9.17) is 18.9 Å². The van der Waals surface area contributed by atoms with Crippen LogP contribution in [0.5, 0.6) is 23.0 Å². The summed E-state index contributed by atoms with van der Waals surface area (Å²) in [4.78, 5) is 25.0. The van der Waals surface area contributed by atoms with Crippen LogP contribution in [0.15, 0.2) is 80.4 Å². The Bertz CT molecular complexity index is 1090. The molecule has 0 bridgehead atoms. The lowest BCUT2D eigenvalue weighted by Gasteiger charge is -2.17. The Hall–Kier alpha value is -4.46. The Kier molecular flexibility index (Phi) is 10.7. The van der Waals surface area contributed by atoms with Gasteiger partial charge in [-0.2, -0.15) is 0 Å². The SMILES string of the molecule is C=CCOC(=O)[C@H](Cc1ccc(OCC=C)c(OCC=C)c1)OC(=O)/C=C/c1ccc(O)c(O)c1. The van der Waals surface area contributed by atoms with E-state index in [2.05, 4.69) is 19.7 Å². The number of hydrogen-bond acceptors (Lipinski definition) is 8. The molecule has 0 radical (unpaired) electrons. The lowest BCUT2D eigenvalue weighted by atomic mass is 10.1. The summed E-state index contributed by atoms with van der Waals surface area (Å²) in [7, 11) is 0. The first-order chi connectivity index (χ1) is 16.9. The number of carbonyl (C=O) groups excluding carboxylic acids is 2. The van der Waals surface area contributed by atoms with E-state index in [1.54, 1.807) is 30.4 Å². The summed E-state index contributed by atoms with van der Waals surface area (Å²) >= 11 is 0. The van der Waals surface area contributed by atoms with E-state index < -0.39 is 18.0 Å². The van der Waals surface area contributed by atoms with Crippen LogP contribution < -0.4 is 9.47 Å². The molecule has 2 N–H and O–H groups in total. The molecule has 35 heavy (non-hydrogen) atoms. The lowest BCUT2D eigenvalue weighted by Crippen LogP contribution is -2.31. The van der Waals surface area contributed by atoms with Crippen LogP contribution in [0.2, 0.25) is 0 Å². The van der Waals surface area contributed by atoms with Gasteiger partial charge < -0.3 is 29.2 Å². The van der Waals surface area contributed by atoms with Gasteiger partial charge in [-0.25, -0.2) is 9.59 Å². The van der Waals surface area contributed by atoms with Crippen molar-refractivity contribution in [1.82, 2.24) is 0 Å². The van der Waals surface area contributed by atoms with Gasteiger partial charge in [0, 0.05) is 12.5 Å². The van der Waals surface area contributed by atoms with Gasteiger partial charge in [0.15, 0.2) is 23.0 Å². The Morgan fingerprint density at radius 1 is 0.857 bits per heavy atom. The van der Waals surface area contributed by atoms with Gasteiger partial charge >= 0.3 is 11.9 Å². The van der Waals surface area contributed by atoms with Crippen LogP contribution in [-0.2, 0) is 25.5 Å². The minimum absolute atomic E-state index is 0.0156. The molecule has 0 spiro atoms. The van der Waals surface area contributed by atoms with Crippen LogP contribution >= 0.6 is 0 Å². The molecular weight excluding hydrogens is 452 g/mol. The molecule has 2 aromatic rings. The van der Waals surface area contributed by atoms with E-state index in [1.165, 1.54) is 30.4 Å². The van der Waals surface area contributed by atoms with Gasteiger partial charge in [0.25, 0.3) is 0 Å². The van der Waals surface area contributed by atoms with Crippen molar-refractivity contribution in [2.24, 2.45) is 0 Å². The first kappa shape index (κ1) is 26.8. The van der Waals surface area contributed by atoms with Gasteiger partial charge in [-0.3, -0.25) is 0 Å². The highest BCUT2D eigenvalue weighted by Crippen LogP contribution is 2.29. The number of hydrogen-bond donors (Lipinski definition) is 2. The summed E-state index contributed by atoms with van der Waals surface area (Å²) in [5, 5.41) is 19.0. The first-order valence-electron chi connectivity index (χ1n) is 10.7. The maximum atomic E-state index is 12.6. The number of aromatic hydroxyl groups is 2. The van der Waals surface area contributed by atoms with Gasteiger partial charge in [-0.05, 0) is 41.5 Å². The van der Waals surface area contributed by atoms with Crippen LogP contribution in [0, 0.1) is 0 Å². The second kappa shape index (κ2) is 13.9. The van der Waals surface area contributed by atoms with Crippen molar-refractivity contribution in [2.75, 3.05) is 19.8 Å². The van der Waals surface area contributed by atoms with E-state index in [1.807, 2.05) is 0 Å². The third-order valence-electron chi connectivity index (χ3n) is 4.42. The predicted octanol–water partition coefficient (Wildman–Crippen LogP) is 4.12. The topological polar surface area (TPSA) is 112 Å². The number of esters is 2. The molecule has 0 saturated carbocycles. The molecule has 0 amide bonds. The number of benzene rings is 2. The molecule has 0 saturated heterocycles. The van der Waals surface area contributed by atoms with E-state index in [0.29, 0.717) is 22.6 Å². The van der Waals surface area contributed by atoms with Crippen molar-refractivity contribution in [2.45, 2.75) is 12.5 Å². The van der Waals surface area contributed by atoms with Crippen LogP contribution in [-0.4, -0.2) is 48.1 Å². The molecule has 0 unspecified atom stereocenters. The molecule has 2 rings (SSSR count). The summed E-state index contributed by atoms with van der Waals surface area (Å²) in [6.45, 7) is 11.2. The summed E-state index contributed by atoms with van der Waals surface area (Å²) < 4.78 is 21.7. The average molecular weight is 481 g/mol. The number of carbonyl (C=O) groups is 2. The van der Waals surface area contributed by atoms with E-state index in [9.17, 15) is 19.8 Å². The van der Waals surface area contributed by atoms with E-state index in [0.717, 1.165) is 6.08 Å². The third-order valence-corrected chi connectivity index (χ3v) is 4.42. The number of phenolic OH excluding ortho intramolecular Hbond substituents is 2. The number of phenols is 2. The quantitative estimate of drug-likeness (QED) is 0.180. The average Bonchev–Trinajstić information content (AvgIpc) is 2.85. The summed E-state index contributed by atoms with van der Waals surface area (Å²) in [5.41, 5.74) is 1.08. The molecule has 8 heteroatoms. The van der Waals surface area contributed by atoms with Crippen molar-refractivity contribution in [3.05, 3.63) is 91.6 Å². The maximum absolute atomic E-state index is 12.6. The Labute approximate surface area is 204 Å². The van der Waals surface area contributed by atoms with Crippen molar-refractivity contribution in [3.8, 4) is 23.0 Å². The van der Waals surface area contributed by atoms with Gasteiger partial charge in [0.1, 0.15) is 19.8 Å². The fourth-order valence-corrected chi connectivity index (χ4v) is 2.82. The van der Waals surface area contributed by atoms with Crippen molar-refractivity contribution in [3.63, 3.8) is 0 Å². The second-order valence-corrected chi connectivity index (χ2v) is 7.11. The van der Waals surface area contributed by atoms with Gasteiger partial charge in [0.2, 0.25) is 6.10 Å². The van der Waals surface area contributed by atoms with Gasteiger partial charge in [-0.1, -0.05) is 50.1 Å². The molecular formula is C27H28O8. The summed E-state index contributed by atoms with van der Waals surface area (Å²) in [5.74, 6) is -1.24. The Balaban J connectivity index is 2.20. The number of ether oxygens (including phenoxy) is 4. The first-order valence-corrected chi connectivity index (χ1v) is 10.7. The zero-order chi connectivity index (χ0) is 25.6. The normalized spacial score (nSPS) is 11.3. The molecule has 1 atom stereocenters. The molecule has 0 fully saturated rings. The smallest absolute Gasteiger partial charge is 0.348 e. The fraction of sp³-hybridized carbons (Fsp3) is 0.185. The highest BCUT2D eigenvalue weighted by Gasteiger charge is 2.25. The van der Waals surface area contributed by atoms with Crippen LogP contribution in [0.4, 0.5) is 0 Å². The molecule has 2 aromatic carbocycles. The molecule has 0 aliphatic carbocycles. The monoisotopic (exact) mass is 480 g/mol. The highest BCUT2D eigenvalue weighted by molar-refractivity contribution is 5.89.